The second-order valence-corrected chi connectivity index (χ2v) is 3.42. The first-order chi connectivity index (χ1) is 6.75. The van der Waals surface area contributed by atoms with Gasteiger partial charge in [-0.25, -0.2) is 0 Å². The third kappa shape index (κ3) is 1.93. The number of carbonyl (C=O) groups excluding carboxylic acids is 1. The molecular formula is C9H13N3O2. The van der Waals surface area contributed by atoms with Gasteiger partial charge in [0.15, 0.2) is 0 Å². The lowest BCUT2D eigenvalue weighted by Crippen LogP contribution is -2.24. The van der Waals surface area contributed by atoms with Gasteiger partial charge in [-0.15, -0.1) is 0 Å². The van der Waals surface area contributed by atoms with Crippen LogP contribution in [0.5, 0.6) is 0 Å². The molecule has 0 aromatic carbocycles. The molecule has 0 aliphatic carbocycles. The van der Waals surface area contributed by atoms with Crippen molar-refractivity contribution in [3.05, 3.63) is 17.5 Å². The van der Waals surface area contributed by atoms with Crippen LogP contribution in [0.25, 0.3) is 0 Å². The Morgan fingerprint density at radius 1 is 1.57 bits per heavy atom. The summed E-state index contributed by atoms with van der Waals surface area (Å²) in [5.74, 6) is 0.826. The molecule has 1 aromatic heterocycles. The molecule has 14 heavy (non-hydrogen) atoms. The molecular weight excluding hydrogens is 182 g/mol. The fourth-order valence-electron chi connectivity index (χ4n) is 1.54. The molecule has 1 amide bonds. The number of rotatable bonds is 1. The van der Waals surface area contributed by atoms with Crippen LogP contribution in [0.2, 0.25) is 0 Å². The van der Waals surface area contributed by atoms with E-state index in [-0.39, 0.29) is 11.9 Å². The van der Waals surface area contributed by atoms with Gasteiger partial charge in [0.1, 0.15) is 11.5 Å². The zero-order valence-electron chi connectivity index (χ0n) is 8.04. The zero-order chi connectivity index (χ0) is 9.97. The van der Waals surface area contributed by atoms with E-state index in [0.29, 0.717) is 13.0 Å². The molecule has 0 bridgehead atoms. The van der Waals surface area contributed by atoms with E-state index >= 15 is 0 Å². The van der Waals surface area contributed by atoms with E-state index in [2.05, 4.69) is 15.8 Å². The highest BCUT2D eigenvalue weighted by molar-refractivity contribution is 5.77. The quantitative estimate of drug-likeness (QED) is 0.668. The second kappa shape index (κ2) is 3.79. The van der Waals surface area contributed by atoms with Crippen LogP contribution in [0.3, 0.4) is 0 Å². The number of nitrogens with zero attached hydrogens (tertiary/aromatic N) is 1. The molecule has 1 atom stereocenters. The van der Waals surface area contributed by atoms with Crippen LogP contribution in [0.1, 0.15) is 23.9 Å². The Hall–Kier alpha value is -1.36. The van der Waals surface area contributed by atoms with E-state index < -0.39 is 0 Å². The fourth-order valence-corrected chi connectivity index (χ4v) is 1.54. The van der Waals surface area contributed by atoms with Gasteiger partial charge in [-0.05, 0) is 6.92 Å². The number of aryl methyl sites for hydroxylation is 1. The smallest absolute Gasteiger partial charge is 0.222 e. The molecule has 5 heteroatoms. The summed E-state index contributed by atoms with van der Waals surface area (Å²) in [5, 5.41) is 9.93. The molecule has 76 valence electrons. The van der Waals surface area contributed by atoms with E-state index in [1.807, 2.05) is 13.0 Å². The summed E-state index contributed by atoms with van der Waals surface area (Å²) in [5.41, 5.74) is 0.805. The zero-order valence-corrected chi connectivity index (χ0v) is 8.04. The Balaban J connectivity index is 2.12. The molecule has 1 aliphatic heterocycles. The Kier molecular flexibility index (Phi) is 2.49. The molecule has 0 saturated carbocycles. The molecule has 2 heterocycles. The highest BCUT2D eigenvalue weighted by Gasteiger charge is 2.20. The average molecular weight is 195 g/mol. The maximum Gasteiger partial charge on any atom is 0.222 e. The first-order valence-electron chi connectivity index (χ1n) is 4.69. The largest absolute Gasteiger partial charge is 0.361 e. The molecule has 1 aromatic rings. The minimum absolute atomic E-state index is 0.0186. The van der Waals surface area contributed by atoms with Crippen LogP contribution in [0.15, 0.2) is 10.6 Å². The number of carbonyl (C=O) groups is 1. The molecule has 0 radical (unpaired) electrons. The van der Waals surface area contributed by atoms with E-state index in [4.69, 9.17) is 4.52 Å². The van der Waals surface area contributed by atoms with Crippen molar-refractivity contribution in [2.75, 3.05) is 13.1 Å². The van der Waals surface area contributed by atoms with E-state index in [0.717, 1.165) is 18.0 Å². The van der Waals surface area contributed by atoms with Gasteiger partial charge in [0.2, 0.25) is 5.91 Å². The van der Waals surface area contributed by atoms with Gasteiger partial charge in [-0.1, -0.05) is 5.16 Å². The molecule has 1 unspecified atom stereocenters. The molecule has 1 fully saturated rings. The van der Waals surface area contributed by atoms with Gasteiger partial charge in [0, 0.05) is 25.6 Å². The summed E-state index contributed by atoms with van der Waals surface area (Å²) in [4.78, 5) is 11.3. The minimum atomic E-state index is -0.0186. The lowest BCUT2D eigenvalue weighted by Gasteiger charge is -2.09. The number of aromatic nitrogens is 1. The van der Waals surface area contributed by atoms with Crippen LogP contribution in [-0.4, -0.2) is 24.2 Å². The maximum absolute atomic E-state index is 11.3. The van der Waals surface area contributed by atoms with Gasteiger partial charge >= 0.3 is 0 Å². The van der Waals surface area contributed by atoms with Crippen molar-refractivity contribution in [1.29, 1.82) is 0 Å². The van der Waals surface area contributed by atoms with Gasteiger partial charge in [-0.3, -0.25) is 4.79 Å². The topological polar surface area (TPSA) is 67.2 Å². The number of nitrogens with one attached hydrogen (secondary N) is 2. The molecule has 2 rings (SSSR count). The third-order valence-corrected chi connectivity index (χ3v) is 2.23. The lowest BCUT2D eigenvalue weighted by atomic mass is 10.1. The molecule has 1 saturated heterocycles. The minimum Gasteiger partial charge on any atom is -0.361 e. The van der Waals surface area contributed by atoms with E-state index in [1.54, 1.807) is 0 Å². The van der Waals surface area contributed by atoms with E-state index in [9.17, 15) is 4.79 Å². The van der Waals surface area contributed by atoms with Crippen molar-refractivity contribution >= 4 is 5.91 Å². The molecule has 0 spiro atoms. The Bertz CT molecular complexity index is 335. The van der Waals surface area contributed by atoms with Crippen LogP contribution in [0.4, 0.5) is 0 Å². The van der Waals surface area contributed by atoms with Crippen molar-refractivity contribution in [1.82, 2.24) is 15.8 Å². The highest BCUT2D eigenvalue weighted by atomic mass is 16.5. The number of hydrogen-bond donors (Lipinski definition) is 2. The maximum atomic E-state index is 11.3. The Labute approximate surface area is 81.8 Å². The standard InChI is InChI=1S/C9H13N3O2/c1-6-4-8(12-14-6)7-5-9(13)11-3-2-10-7/h4,7,10H,2-3,5H2,1H3,(H,11,13). The van der Waals surface area contributed by atoms with Gasteiger partial charge in [-0.2, -0.15) is 0 Å². The summed E-state index contributed by atoms with van der Waals surface area (Å²) >= 11 is 0. The first-order valence-corrected chi connectivity index (χ1v) is 4.69. The van der Waals surface area contributed by atoms with Crippen LogP contribution < -0.4 is 10.6 Å². The summed E-state index contributed by atoms with van der Waals surface area (Å²) in [7, 11) is 0. The lowest BCUT2D eigenvalue weighted by molar-refractivity contribution is -0.121. The Morgan fingerprint density at radius 2 is 2.43 bits per heavy atom. The molecule has 5 nitrogen and oxygen atoms in total. The summed E-state index contributed by atoms with van der Waals surface area (Å²) < 4.78 is 4.97. The predicted molar refractivity (Wildman–Crippen MR) is 49.6 cm³/mol. The normalized spacial score (nSPS) is 22.9. The van der Waals surface area contributed by atoms with E-state index in [1.165, 1.54) is 0 Å². The van der Waals surface area contributed by atoms with Gasteiger partial charge < -0.3 is 15.2 Å². The van der Waals surface area contributed by atoms with Crippen LogP contribution in [-0.2, 0) is 4.79 Å². The highest BCUT2D eigenvalue weighted by Crippen LogP contribution is 2.17. The summed E-state index contributed by atoms with van der Waals surface area (Å²) in [6.07, 6.45) is 0.423. The summed E-state index contributed by atoms with van der Waals surface area (Å²) in [6, 6.07) is 1.84. The van der Waals surface area contributed by atoms with Crippen molar-refractivity contribution < 1.29 is 9.32 Å². The average Bonchev–Trinajstić information content (AvgIpc) is 2.45. The van der Waals surface area contributed by atoms with Crippen LogP contribution in [0, 0.1) is 6.92 Å². The molecule has 2 N–H and O–H groups in total. The Morgan fingerprint density at radius 3 is 3.14 bits per heavy atom. The monoisotopic (exact) mass is 195 g/mol. The second-order valence-electron chi connectivity index (χ2n) is 3.42. The number of amides is 1. The van der Waals surface area contributed by atoms with Crippen molar-refractivity contribution in [3.8, 4) is 0 Å². The molecule has 1 aliphatic rings. The van der Waals surface area contributed by atoms with Crippen LogP contribution >= 0.6 is 0 Å². The van der Waals surface area contributed by atoms with Gasteiger partial charge in [0.05, 0.1) is 6.04 Å². The fraction of sp³-hybridized carbons (Fsp3) is 0.556. The summed E-state index contributed by atoms with van der Waals surface area (Å²) in [6.45, 7) is 3.28. The third-order valence-electron chi connectivity index (χ3n) is 2.23. The van der Waals surface area contributed by atoms with Crippen molar-refractivity contribution in [2.24, 2.45) is 0 Å². The predicted octanol–water partition coefficient (Wildman–Crippen LogP) is 0.134. The first kappa shape index (κ1) is 9.21. The number of hydrogen-bond acceptors (Lipinski definition) is 4. The SMILES string of the molecule is Cc1cc(C2CC(=O)NCCN2)no1. The van der Waals surface area contributed by atoms with Gasteiger partial charge in [0.25, 0.3) is 0 Å². The van der Waals surface area contributed by atoms with Crippen molar-refractivity contribution in [2.45, 2.75) is 19.4 Å². The van der Waals surface area contributed by atoms with Crippen molar-refractivity contribution in [3.63, 3.8) is 0 Å².